The molecule has 48 valence electrons. The molecule has 0 amide bonds. The van der Waals surface area contributed by atoms with Crippen molar-refractivity contribution in [3.05, 3.63) is 11.4 Å². The van der Waals surface area contributed by atoms with Gasteiger partial charge in [0.05, 0.1) is 5.83 Å². The average molecular weight is 120 g/mol. The summed E-state index contributed by atoms with van der Waals surface area (Å²) < 4.78 is 24.0. The molecular weight excluding hydrogens is 110 g/mol. The maximum atomic E-state index is 12.0. The van der Waals surface area contributed by atoms with Gasteiger partial charge < -0.3 is 0 Å². The smallest absolute Gasteiger partial charge is 0.121 e. The molecule has 0 aromatic heterocycles. The number of hydrogen-bond donors (Lipinski definition) is 0. The first-order valence-electron chi connectivity index (χ1n) is 2.52. The van der Waals surface area contributed by atoms with Crippen molar-refractivity contribution in [2.75, 3.05) is 0 Å². The molecule has 0 aromatic carbocycles. The van der Waals surface area contributed by atoms with Crippen LogP contribution in [0.5, 0.6) is 0 Å². The van der Waals surface area contributed by atoms with Crippen LogP contribution < -0.4 is 0 Å². The van der Waals surface area contributed by atoms with Crippen molar-refractivity contribution in [1.82, 2.24) is 0 Å². The van der Waals surface area contributed by atoms with Crippen molar-refractivity contribution in [1.29, 1.82) is 0 Å². The van der Waals surface area contributed by atoms with Crippen LogP contribution in [0.1, 0.15) is 20.8 Å². The van der Waals surface area contributed by atoms with Gasteiger partial charge in [-0.2, -0.15) is 0 Å². The van der Waals surface area contributed by atoms with Gasteiger partial charge in [0.25, 0.3) is 0 Å². The summed E-state index contributed by atoms with van der Waals surface area (Å²) in [4.78, 5) is 0. The number of rotatable bonds is 1. The van der Waals surface area contributed by atoms with Gasteiger partial charge in [0, 0.05) is 0 Å². The van der Waals surface area contributed by atoms with Gasteiger partial charge in [0.2, 0.25) is 0 Å². The van der Waals surface area contributed by atoms with Crippen molar-refractivity contribution in [2.24, 2.45) is 0 Å². The molecule has 1 unspecified atom stereocenters. The van der Waals surface area contributed by atoms with Crippen LogP contribution in [0.4, 0.5) is 8.78 Å². The molecule has 0 rings (SSSR count). The molecule has 0 spiro atoms. The van der Waals surface area contributed by atoms with E-state index in [1.807, 2.05) is 0 Å². The minimum Gasteiger partial charge on any atom is -0.243 e. The highest BCUT2D eigenvalue weighted by Gasteiger charge is 2.02. The second kappa shape index (κ2) is 2.80. The Morgan fingerprint density at radius 3 is 1.75 bits per heavy atom. The summed E-state index contributed by atoms with van der Waals surface area (Å²) in [5.74, 6) is -0.417. The van der Waals surface area contributed by atoms with E-state index in [-0.39, 0.29) is 5.57 Å². The summed E-state index contributed by atoms with van der Waals surface area (Å²) in [5, 5.41) is 0. The maximum absolute atomic E-state index is 12.0. The largest absolute Gasteiger partial charge is 0.243 e. The van der Waals surface area contributed by atoms with E-state index < -0.39 is 12.0 Å². The zero-order valence-electron chi connectivity index (χ0n) is 5.33. The zero-order valence-corrected chi connectivity index (χ0v) is 5.33. The lowest BCUT2D eigenvalue weighted by Crippen LogP contribution is -1.94. The van der Waals surface area contributed by atoms with E-state index in [1.54, 1.807) is 0 Å². The van der Waals surface area contributed by atoms with E-state index in [1.165, 1.54) is 20.8 Å². The number of halogens is 2. The Hall–Kier alpha value is -0.400. The fraction of sp³-hybridized carbons (Fsp3) is 0.667. The van der Waals surface area contributed by atoms with Crippen molar-refractivity contribution >= 4 is 0 Å². The van der Waals surface area contributed by atoms with E-state index in [0.717, 1.165) is 0 Å². The summed E-state index contributed by atoms with van der Waals surface area (Å²) in [6.07, 6.45) is -1.15. The molecular formula is C6H10F2. The van der Waals surface area contributed by atoms with Crippen LogP contribution >= 0.6 is 0 Å². The SMILES string of the molecule is CC(F)=C(C)C(C)F. The van der Waals surface area contributed by atoms with Gasteiger partial charge >= 0.3 is 0 Å². The Kier molecular flexibility index (Phi) is 2.66. The van der Waals surface area contributed by atoms with Crippen molar-refractivity contribution in [2.45, 2.75) is 26.9 Å². The minimum atomic E-state index is -1.15. The third-order valence-corrected chi connectivity index (χ3v) is 1.14. The molecule has 0 aliphatic rings. The summed E-state index contributed by atoms with van der Waals surface area (Å²) in [7, 11) is 0. The van der Waals surface area contributed by atoms with Crippen molar-refractivity contribution in [3.8, 4) is 0 Å². The molecule has 0 aliphatic heterocycles. The average Bonchev–Trinajstić information content (AvgIpc) is 1.64. The maximum Gasteiger partial charge on any atom is 0.121 e. The standard InChI is InChI=1S/C6H10F2/c1-4(5(2)7)6(3)8/h5H,1-3H3. The van der Waals surface area contributed by atoms with Crippen LogP contribution in [-0.4, -0.2) is 6.17 Å². The topological polar surface area (TPSA) is 0 Å². The van der Waals surface area contributed by atoms with Gasteiger partial charge in [-0.3, -0.25) is 0 Å². The van der Waals surface area contributed by atoms with Crippen LogP contribution in [0.25, 0.3) is 0 Å². The summed E-state index contributed by atoms with van der Waals surface area (Å²) >= 11 is 0. The van der Waals surface area contributed by atoms with Crippen LogP contribution in [0.15, 0.2) is 11.4 Å². The van der Waals surface area contributed by atoms with Crippen LogP contribution in [-0.2, 0) is 0 Å². The van der Waals surface area contributed by atoms with E-state index in [4.69, 9.17) is 0 Å². The van der Waals surface area contributed by atoms with Gasteiger partial charge in [-0.1, -0.05) is 0 Å². The van der Waals surface area contributed by atoms with Gasteiger partial charge in [-0.15, -0.1) is 0 Å². The second-order valence-electron chi connectivity index (χ2n) is 1.83. The van der Waals surface area contributed by atoms with E-state index in [2.05, 4.69) is 0 Å². The quantitative estimate of drug-likeness (QED) is 0.499. The first kappa shape index (κ1) is 7.60. The zero-order chi connectivity index (χ0) is 6.73. The summed E-state index contributed by atoms with van der Waals surface area (Å²) in [5.41, 5.74) is 0.185. The molecule has 0 nitrogen and oxygen atoms in total. The first-order chi connectivity index (χ1) is 3.55. The van der Waals surface area contributed by atoms with Crippen LogP contribution in [0.2, 0.25) is 0 Å². The van der Waals surface area contributed by atoms with Gasteiger partial charge in [-0.25, -0.2) is 8.78 Å². The lowest BCUT2D eigenvalue weighted by Gasteiger charge is -1.99. The predicted molar refractivity (Wildman–Crippen MR) is 30.1 cm³/mol. The van der Waals surface area contributed by atoms with Crippen LogP contribution in [0, 0.1) is 0 Å². The Balaban J connectivity index is 4.00. The monoisotopic (exact) mass is 120 g/mol. The highest BCUT2D eigenvalue weighted by molar-refractivity contribution is 5.06. The number of allylic oxidation sites excluding steroid dienone is 2. The highest BCUT2D eigenvalue weighted by Crippen LogP contribution is 2.10. The lowest BCUT2D eigenvalue weighted by atomic mass is 10.2. The van der Waals surface area contributed by atoms with Gasteiger partial charge in [0.1, 0.15) is 6.17 Å². The molecule has 8 heavy (non-hydrogen) atoms. The third-order valence-electron chi connectivity index (χ3n) is 1.14. The lowest BCUT2D eigenvalue weighted by molar-refractivity contribution is 0.399. The van der Waals surface area contributed by atoms with E-state index >= 15 is 0 Å². The molecule has 0 saturated heterocycles. The van der Waals surface area contributed by atoms with Gasteiger partial charge in [0.15, 0.2) is 0 Å². The Bertz CT molecular complexity index is 99.1. The molecule has 0 saturated carbocycles. The predicted octanol–water partition coefficient (Wildman–Crippen LogP) is 2.61. The fourth-order valence-corrected chi connectivity index (χ4v) is 0.274. The number of alkyl halides is 1. The molecule has 0 aliphatic carbocycles. The van der Waals surface area contributed by atoms with E-state index in [9.17, 15) is 8.78 Å². The molecule has 1 atom stereocenters. The fourth-order valence-electron chi connectivity index (χ4n) is 0.274. The summed E-state index contributed by atoms with van der Waals surface area (Å²) in [6, 6.07) is 0. The molecule has 2 heteroatoms. The third kappa shape index (κ3) is 2.05. The van der Waals surface area contributed by atoms with Crippen LogP contribution in [0.3, 0.4) is 0 Å². The molecule has 0 fully saturated rings. The Morgan fingerprint density at radius 1 is 1.38 bits per heavy atom. The molecule has 0 heterocycles. The normalized spacial score (nSPS) is 17.6. The van der Waals surface area contributed by atoms with E-state index in [0.29, 0.717) is 0 Å². The van der Waals surface area contributed by atoms with Crippen molar-refractivity contribution < 1.29 is 8.78 Å². The Labute approximate surface area is 48.2 Å². The molecule has 0 N–H and O–H groups in total. The summed E-state index contributed by atoms with van der Waals surface area (Å²) in [6.45, 7) is 4.02. The molecule has 0 radical (unpaired) electrons. The Morgan fingerprint density at radius 2 is 1.75 bits per heavy atom. The highest BCUT2D eigenvalue weighted by atomic mass is 19.1. The molecule has 0 aromatic rings. The second-order valence-corrected chi connectivity index (χ2v) is 1.83. The first-order valence-corrected chi connectivity index (χ1v) is 2.52. The van der Waals surface area contributed by atoms with Gasteiger partial charge in [-0.05, 0) is 26.3 Å². The minimum absolute atomic E-state index is 0.185. The number of hydrogen-bond acceptors (Lipinski definition) is 0. The van der Waals surface area contributed by atoms with Crippen molar-refractivity contribution in [3.63, 3.8) is 0 Å². The molecule has 0 bridgehead atoms.